The topological polar surface area (TPSA) is 100 Å². The average Bonchev–Trinajstić information content (AvgIpc) is 3.08. The van der Waals surface area contributed by atoms with Crippen molar-refractivity contribution >= 4 is 17.8 Å². The molecule has 0 atom stereocenters. The molecule has 0 unspecified atom stereocenters. The molecule has 9 heteroatoms. The van der Waals surface area contributed by atoms with Gasteiger partial charge in [-0.05, 0) is 43.6 Å². The number of carbonyl (C=O) groups excluding carboxylic acids is 3. The van der Waals surface area contributed by atoms with Gasteiger partial charge < -0.3 is 25.0 Å². The molecule has 0 radical (unpaired) electrons. The summed E-state index contributed by atoms with van der Waals surface area (Å²) in [7, 11) is 1.59. The fourth-order valence-electron chi connectivity index (χ4n) is 4.64. The minimum absolute atomic E-state index is 0.0684. The zero-order valence-electron chi connectivity index (χ0n) is 20.7. The normalized spacial score (nSPS) is 17.2. The van der Waals surface area contributed by atoms with Crippen LogP contribution in [-0.2, 0) is 16.1 Å². The Morgan fingerprint density at radius 1 is 1.15 bits per heavy atom. The minimum atomic E-state index is -0.752. The summed E-state index contributed by atoms with van der Waals surface area (Å²) < 4.78 is 11.3. The summed E-state index contributed by atoms with van der Waals surface area (Å²) in [4.78, 5) is 41.0. The quantitative estimate of drug-likeness (QED) is 0.452. The molecule has 1 aliphatic carbocycles. The van der Waals surface area contributed by atoms with Crippen molar-refractivity contribution in [3.8, 4) is 11.5 Å². The van der Waals surface area contributed by atoms with E-state index >= 15 is 0 Å². The molecule has 1 spiro atoms. The van der Waals surface area contributed by atoms with Crippen LogP contribution in [0.2, 0.25) is 0 Å². The van der Waals surface area contributed by atoms with Crippen LogP contribution in [0.5, 0.6) is 11.5 Å². The molecule has 3 rings (SSSR count). The third-order valence-electron chi connectivity index (χ3n) is 6.79. The highest BCUT2D eigenvalue weighted by Gasteiger charge is 2.51. The van der Waals surface area contributed by atoms with Gasteiger partial charge in [-0.1, -0.05) is 39.2 Å². The molecule has 1 aromatic carbocycles. The molecule has 2 aliphatic rings. The maximum absolute atomic E-state index is 12.8. The summed E-state index contributed by atoms with van der Waals surface area (Å²) in [5, 5.41) is 5.73. The predicted molar refractivity (Wildman–Crippen MR) is 129 cm³/mol. The van der Waals surface area contributed by atoms with Crippen molar-refractivity contribution in [2.75, 3.05) is 39.9 Å². The number of nitrogens with zero attached hydrogens (tertiary/aromatic N) is 2. The number of urea groups is 1. The molecule has 4 amide bonds. The second kappa shape index (κ2) is 12.1. The number of hydrogen-bond acceptors (Lipinski definition) is 6. The molecule has 188 valence electrons. The molecule has 9 nitrogen and oxygen atoms in total. The lowest BCUT2D eigenvalue weighted by Gasteiger charge is -2.30. The molecule has 1 aliphatic heterocycles. The number of imide groups is 1. The molecule has 2 N–H and O–H groups in total. The van der Waals surface area contributed by atoms with Crippen LogP contribution in [0.25, 0.3) is 0 Å². The largest absolute Gasteiger partial charge is 0.493 e. The van der Waals surface area contributed by atoms with Gasteiger partial charge in [0.15, 0.2) is 11.5 Å². The van der Waals surface area contributed by atoms with Gasteiger partial charge in [0, 0.05) is 26.1 Å². The highest BCUT2D eigenvalue weighted by molar-refractivity contribution is 6.07. The third-order valence-corrected chi connectivity index (χ3v) is 6.79. The van der Waals surface area contributed by atoms with E-state index < -0.39 is 5.54 Å². The number of benzene rings is 1. The molecule has 1 saturated carbocycles. The Bertz CT molecular complexity index is 865. The summed E-state index contributed by atoms with van der Waals surface area (Å²) in [5.74, 6) is 0.873. The van der Waals surface area contributed by atoms with E-state index in [9.17, 15) is 14.4 Å². The summed E-state index contributed by atoms with van der Waals surface area (Å²) >= 11 is 0. The van der Waals surface area contributed by atoms with E-state index in [1.54, 1.807) is 7.11 Å². The van der Waals surface area contributed by atoms with Crippen molar-refractivity contribution in [3.05, 3.63) is 23.8 Å². The monoisotopic (exact) mass is 474 g/mol. The number of nitrogens with one attached hydrogen (secondary N) is 2. The van der Waals surface area contributed by atoms with Crippen LogP contribution < -0.4 is 20.1 Å². The molecular formula is C25H38N4O5. The van der Waals surface area contributed by atoms with Crippen molar-refractivity contribution in [2.45, 2.75) is 64.5 Å². The van der Waals surface area contributed by atoms with E-state index in [4.69, 9.17) is 9.47 Å². The molecule has 1 aromatic rings. The summed E-state index contributed by atoms with van der Waals surface area (Å²) in [5.41, 5.74) is 0.120. The molecule has 1 heterocycles. The fourth-order valence-corrected chi connectivity index (χ4v) is 4.64. The standard InChI is InChI=1S/C25H38N4O5/c1-4-28(5-2)15-16-34-20-10-9-19(17-21(20)33-3)18-26-22(30)11-14-29-23(31)25(27-24(29)32)12-7-6-8-13-25/h9-10,17H,4-8,11-16,18H2,1-3H3,(H,26,30)(H,27,32). The number of methoxy groups -OCH3 is 1. The van der Waals surface area contributed by atoms with Crippen LogP contribution >= 0.6 is 0 Å². The van der Waals surface area contributed by atoms with E-state index in [0.29, 0.717) is 37.5 Å². The Hall–Kier alpha value is -2.81. The van der Waals surface area contributed by atoms with Gasteiger partial charge in [0.05, 0.1) is 7.11 Å². The molecule has 0 aromatic heterocycles. The average molecular weight is 475 g/mol. The Labute approximate surface area is 202 Å². The fraction of sp³-hybridized carbons (Fsp3) is 0.640. The first-order chi connectivity index (χ1) is 16.4. The van der Waals surface area contributed by atoms with Gasteiger partial charge in [-0.25, -0.2) is 4.79 Å². The summed E-state index contributed by atoms with van der Waals surface area (Å²) in [6, 6.07) is 5.19. The van der Waals surface area contributed by atoms with Crippen molar-refractivity contribution in [1.29, 1.82) is 0 Å². The summed E-state index contributed by atoms with van der Waals surface area (Å²) in [6.45, 7) is 8.02. The van der Waals surface area contributed by atoms with Gasteiger partial charge >= 0.3 is 6.03 Å². The summed E-state index contributed by atoms with van der Waals surface area (Å²) in [6.07, 6.45) is 4.38. The highest BCUT2D eigenvalue weighted by atomic mass is 16.5. The Morgan fingerprint density at radius 3 is 2.56 bits per heavy atom. The van der Waals surface area contributed by atoms with Crippen LogP contribution in [-0.4, -0.2) is 73.1 Å². The molecule has 1 saturated heterocycles. The van der Waals surface area contributed by atoms with E-state index in [0.717, 1.165) is 44.5 Å². The Balaban J connectivity index is 1.46. The maximum Gasteiger partial charge on any atom is 0.325 e. The zero-order valence-corrected chi connectivity index (χ0v) is 20.7. The first-order valence-electron chi connectivity index (χ1n) is 12.3. The number of amides is 4. The van der Waals surface area contributed by atoms with Crippen molar-refractivity contribution in [2.24, 2.45) is 0 Å². The second-order valence-electron chi connectivity index (χ2n) is 8.92. The van der Waals surface area contributed by atoms with Crippen LogP contribution in [0, 0.1) is 0 Å². The van der Waals surface area contributed by atoms with Crippen LogP contribution in [0.1, 0.15) is 57.9 Å². The van der Waals surface area contributed by atoms with E-state index in [1.807, 2.05) is 18.2 Å². The van der Waals surface area contributed by atoms with Crippen molar-refractivity contribution < 1.29 is 23.9 Å². The molecule has 0 bridgehead atoms. The number of hydrogen-bond donors (Lipinski definition) is 2. The number of rotatable bonds is 12. The Kier molecular flexibility index (Phi) is 9.15. The van der Waals surface area contributed by atoms with E-state index in [-0.39, 0.29) is 30.8 Å². The smallest absolute Gasteiger partial charge is 0.325 e. The van der Waals surface area contributed by atoms with Crippen molar-refractivity contribution in [3.63, 3.8) is 0 Å². The molecule has 34 heavy (non-hydrogen) atoms. The van der Waals surface area contributed by atoms with Gasteiger partial charge in [-0.2, -0.15) is 0 Å². The lowest BCUT2D eigenvalue weighted by molar-refractivity contribution is -0.132. The second-order valence-corrected chi connectivity index (χ2v) is 8.92. The van der Waals surface area contributed by atoms with Gasteiger partial charge in [0.1, 0.15) is 12.1 Å². The first-order valence-corrected chi connectivity index (χ1v) is 12.3. The number of ether oxygens (including phenoxy) is 2. The maximum atomic E-state index is 12.8. The highest BCUT2D eigenvalue weighted by Crippen LogP contribution is 2.33. The van der Waals surface area contributed by atoms with Crippen LogP contribution in [0.4, 0.5) is 4.79 Å². The Morgan fingerprint density at radius 2 is 1.88 bits per heavy atom. The lowest BCUT2D eigenvalue weighted by atomic mass is 9.82. The third kappa shape index (κ3) is 6.20. The van der Waals surface area contributed by atoms with Gasteiger partial charge in [0.2, 0.25) is 5.91 Å². The lowest BCUT2D eigenvalue weighted by Crippen LogP contribution is -2.48. The van der Waals surface area contributed by atoms with Crippen LogP contribution in [0.3, 0.4) is 0 Å². The SMILES string of the molecule is CCN(CC)CCOc1ccc(CNC(=O)CCN2C(=O)NC3(CCCCC3)C2=O)cc1OC. The minimum Gasteiger partial charge on any atom is -0.493 e. The predicted octanol–water partition coefficient (Wildman–Crippen LogP) is 2.68. The van der Waals surface area contributed by atoms with E-state index in [1.165, 1.54) is 4.90 Å². The van der Waals surface area contributed by atoms with E-state index in [2.05, 4.69) is 29.4 Å². The van der Waals surface area contributed by atoms with Crippen LogP contribution in [0.15, 0.2) is 18.2 Å². The number of carbonyl (C=O) groups is 3. The number of likely N-dealkylation sites (N-methyl/N-ethyl adjacent to an activating group) is 1. The molecular weight excluding hydrogens is 436 g/mol. The van der Waals surface area contributed by atoms with Crippen molar-refractivity contribution in [1.82, 2.24) is 20.4 Å². The van der Waals surface area contributed by atoms with Gasteiger partial charge in [-0.3, -0.25) is 14.5 Å². The zero-order chi connectivity index (χ0) is 24.6. The van der Waals surface area contributed by atoms with Gasteiger partial charge in [-0.15, -0.1) is 0 Å². The van der Waals surface area contributed by atoms with Gasteiger partial charge in [0.25, 0.3) is 5.91 Å². The first kappa shape index (κ1) is 25.8. The molecule has 2 fully saturated rings.